The first kappa shape index (κ1) is 12.0. The molecule has 1 aromatic heterocycles. The summed E-state index contributed by atoms with van der Waals surface area (Å²) < 4.78 is 0. The van der Waals surface area contributed by atoms with E-state index in [2.05, 4.69) is 17.2 Å². The summed E-state index contributed by atoms with van der Waals surface area (Å²) in [6.07, 6.45) is 5.55. The number of nitrogens with zero attached hydrogens (tertiary/aromatic N) is 2. The number of hydrogen-bond donors (Lipinski definition) is 1. The maximum absolute atomic E-state index is 12.1. The van der Waals surface area contributed by atoms with Crippen LogP contribution < -0.4 is 5.32 Å². The third kappa shape index (κ3) is 3.03. The third-order valence-corrected chi connectivity index (χ3v) is 3.03. The van der Waals surface area contributed by atoms with Crippen LogP contribution in [0.25, 0.3) is 0 Å². The first-order valence-corrected chi connectivity index (χ1v) is 6.22. The van der Waals surface area contributed by atoms with Gasteiger partial charge in [0.2, 0.25) is 5.91 Å². The lowest BCUT2D eigenvalue weighted by Gasteiger charge is -2.16. The Bertz CT molecular complexity index is 366. The highest BCUT2D eigenvalue weighted by Gasteiger charge is 2.30. The van der Waals surface area contributed by atoms with Crippen LogP contribution in [0.3, 0.4) is 0 Å². The van der Waals surface area contributed by atoms with Crippen molar-refractivity contribution in [1.82, 2.24) is 15.2 Å². The van der Waals surface area contributed by atoms with Crippen LogP contribution in [0.15, 0.2) is 24.5 Å². The van der Waals surface area contributed by atoms with E-state index in [0.29, 0.717) is 6.54 Å². The highest BCUT2D eigenvalue weighted by molar-refractivity contribution is 5.83. The summed E-state index contributed by atoms with van der Waals surface area (Å²) in [5.74, 6) is 0.224. The molecule has 4 heteroatoms. The molecule has 2 rings (SSSR count). The van der Waals surface area contributed by atoms with Crippen molar-refractivity contribution in [3.63, 3.8) is 0 Å². The summed E-state index contributed by atoms with van der Waals surface area (Å²) in [6.45, 7) is 4.54. The first-order chi connectivity index (χ1) is 8.31. The molecule has 2 heterocycles. The molecule has 1 fully saturated rings. The molecule has 1 aliphatic heterocycles. The Morgan fingerprint density at radius 2 is 2.47 bits per heavy atom. The van der Waals surface area contributed by atoms with E-state index in [1.165, 1.54) is 0 Å². The van der Waals surface area contributed by atoms with Gasteiger partial charge in [0.15, 0.2) is 0 Å². The zero-order chi connectivity index (χ0) is 12.1. The predicted octanol–water partition coefficient (Wildman–Crippen LogP) is 1.18. The van der Waals surface area contributed by atoms with Crippen molar-refractivity contribution in [1.29, 1.82) is 0 Å². The lowest BCUT2D eigenvalue weighted by Crippen LogP contribution is -2.38. The van der Waals surface area contributed by atoms with Gasteiger partial charge in [-0.15, -0.1) is 0 Å². The second kappa shape index (κ2) is 5.77. The molecular weight excluding hydrogens is 214 g/mol. The smallest absolute Gasteiger partial charge is 0.240 e. The van der Waals surface area contributed by atoms with Crippen molar-refractivity contribution >= 4 is 5.91 Å². The average molecular weight is 233 g/mol. The summed E-state index contributed by atoms with van der Waals surface area (Å²) in [4.78, 5) is 18.0. The Kier molecular flexibility index (Phi) is 4.09. The molecule has 1 amide bonds. The molecule has 1 saturated heterocycles. The molecule has 0 spiro atoms. The van der Waals surface area contributed by atoms with E-state index in [9.17, 15) is 4.79 Å². The molecule has 0 bridgehead atoms. The van der Waals surface area contributed by atoms with Gasteiger partial charge in [-0.2, -0.15) is 0 Å². The Balaban J connectivity index is 1.89. The molecule has 0 aliphatic carbocycles. The van der Waals surface area contributed by atoms with Gasteiger partial charge in [-0.05, 0) is 31.0 Å². The van der Waals surface area contributed by atoms with E-state index in [1.807, 2.05) is 23.2 Å². The van der Waals surface area contributed by atoms with Gasteiger partial charge in [-0.25, -0.2) is 0 Å². The van der Waals surface area contributed by atoms with Crippen LogP contribution in [0.4, 0.5) is 0 Å². The minimum absolute atomic E-state index is 0.0200. The van der Waals surface area contributed by atoms with Gasteiger partial charge in [0, 0.05) is 25.5 Å². The highest BCUT2D eigenvalue weighted by Crippen LogP contribution is 2.14. The quantitative estimate of drug-likeness (QED) is 0.830. The molecular formula is C13H19N3O. The average Bonchev–Trinajstić information content (AvgIpc) is 2.70. The Hall–Kier alpha value is -1.42. The monoisotopic (exact) mass is 233 g/mol. The fourth-order valence-corrected chi connectivity index (χ4v) is 2.12. The van der Waals surface area contributed by atoms with Crippen molar-refractivity contribution in [2.24, 2.45) is 0 Å². The number of rotatable bonds is 5. The van der Waals surface area contributed by atoms with Gasteiger partial charge in [0.05, 0.1) is 6.04 Å². The first-order valence-electron chi connectivity index (χ1n) is 6.22. The van der Waals surface area contributed by atoms with E-state index in [4.69, 9.17) is 0 Å². The van der Waals surface area contributed by atoms with E-state index >= 15 is 0 Å². The van der Waals surface area contributed by atoms with Crippen molar-refractivity contribution < 1.29 is 4.79 Å². The Morgan fingerprint density at radius 1 is 1.59 bits per heavy atom. The summed E-state index contributed by atoms with van der Waals surface area (Å²) in [5, 5.41) is 3.29. The van der Waals surface area contributed by atoms with Gasteiger partial charge in [-0.3, -0.25) is 9.78 Å². The van der Waals surface area contributed by atoms with Crippen molar-refractivity contribution in [3.05, 3.63) is 30.1 Å². The molecule has 1 aromatic rings. The number of carbonyl (C=O) groups excluding carboxylic acids is 1. The molecule has 1 N–H and O–H groups in total. The van der Waals surface area contributed by atoms with E-state index in [-0.39, 0.29) is 11.9 Å². The SMILES string of the molecule is CCCNC1CCN(Cc2cccnc2)C1=O. The van der Waals surface area contributed by atoms with Crippen LogP contribution in [0.2, 0.25) is 0 Å². The van der Waals surface area contributed by atoms with E-state index in [0.717, 1.165) is 31.5 Å². The van der Waals surface area contributed by atoms with E-state index in [1.54, 1.807) is 6.20 Å². The zero-order valence-electron chi connectivity index (χ0n) is 10.2. The fourth-order valence-electron chi connectivity index (χ4n) is 2.12. The summed E-state index contributed by atoms with van der Waals surface area (Å²) in [7, 11) is 0. The second-order valence-electron chi connectivity index (χ2n) is 4.42. The normalized spacial score (nSPS) is 19.9. The predicted molar refractivity (Wildman–Crippen MR) is 66.4 cm³/mol. The number of hydrogen-bond acceptors (Lipinski definition) is 3. The van der Waals surface area contributed by atoms with Crippen molar-refractivity contribution in [2.75, 3.05) is 13.1 Å². The van der Waals surface area contributed by atoms with Crippen LogP contribution in [0.1, 0.15) is 25.3 Å². The van der Waals surface area contributed by atoms with Gasteiger partial charge >= 0.3 is 0 Å². The maximum Gasteiger partial charge on any atom is 0.240 e. The van der Waals surface area contributed by atoms with Crippen LogP contribution in [-0.4, -0.2) is 34.9 Å². The van der Waals surface area contributed by atoms with Crippen LogP contribution in [0.5, 0.6) is 0 Å². The molecule has 0 saturated carbocycles. The number of amides is 1. The molecule has 92 valence electrons. The zero-order valence-corrected chi connectivity index (χ0v) is 10.2. The third-order valence-electron chi connectivity index (χ3n) is 3.03. The topological polar surface area (TPSA) is 45.2 Å². The minimum Gasteiger partial charge on any atom is -0.337 e. The number of carbonyl (C=O) groups is 1. The molecule has 0 aromatic carbocycles. The van der Waals surface area contributed by atoms with Crippen LogP contribution in [0, 0.1) is 0 Å². The number of pyridine rings is 1. The summed E-state index contributed by atoms with van der Waals surface area (Å²) in [5.41, 5.74) is 1.09. The molecule has 0 radical (unpaired) electrons. The summed E-state index contributed by atoms with van der Waals surface area (Å²) in [6, 6.07) is 3.93. The molecule has 1 atom stereocenters. The van der Waals surface area contributed by atoms with Gasteiger partial charge in [0.25, 0.3) is 0 Å². The number of likely N-dealkylation sites (tertiary alicyclic amines) is 1. The fraction of sp³-hybridized carbons (Fsp3) is 0.538. The Morgan fingerprint density at radius 3 is 3.18 bits per heavy atom. The lowest BCUT2D eigenvalue weighted by atomic mass is 10.2. The van der Waals surface area contributed by atoms with Gasteiger partial charge < -0.3 is 10.2 Å². The molecule has 1 aliphatic rings. The van der Waals surface area contributed by atoms with Crippen molar-refractivity contribution in [3.8, 4) is 0 Å². The lowest BCUT2D eigenvalue weighted by molar-refractivity contribution is -0.129. The molecule has 17 heavy (non-hydrogen) atoms. The standard InChI is InChI=1S/C13H19N3O/c1-2-6-15-12-5-8-16(13(12)17)10-11-4-3-7-14-9-11/h3-4,7,9,12,15H,2,5-6,8,10H2,1H3. The molecule has 4 nitrogen and oxygen atoms in total. The minimum atomic E-state index is 0.0200. The van der Waals surface area contributed by atoms with Gasteiger partial charge in [-0.1, -0.05) is 13.0 Å². The van der Waals surface area contributed by atoms with Crippen LogP contribution >= 0.6 is 0 Å². The maximum atomic E-state index is 12.1. The molecule has 1 unspecified atom stereocenters. The second-order valence-corrected chi connectivity index (χ2v) is 4.42. The largest absolute Gasteiger partial charge is 0.337 e. The number of aromatic nitrogens is 1. The van der Waals surface area contributed by atoms with Gasteiger partial charge in [0.1, 0.15) is 0 Å². The highest BCUT2D eigenvalue weighted by atomic mass is 16.2. The Labute approximate surface area is 102 Å². The number of nitrogens with one attached hydrogen (secondary N) is 1. The van der Waals surface area contributed by atoms with Crippen LogP contribution in [-0.2, 0) is 11.3 Å². The summed E-state index contributed by atoms with van der Waals surface area (Å²) >= 11 is 0. The van der Waals surface area contributed by atoms with Crippen molar-refractivity contribution in [2.45, 2.75) is 32.4 Å². The van der Waals surface area contributed by atoms with E-state index < -0.39 is 0 Å².